The Kier molecular flexibility index (Phi) is 4.51. The van der Waals surface area contributed by atoms with E-state index in [9.17, 15) is 0 Å². The van der Waals surface area contributed by atoms with Crippen LogP contribution >= 0.6 is 0 Å². The van der Waals surface area contributed by atoms with Gasteiger partial charge in [-0.1, -0.05) is 13.8 Å². The Hall–Kier alpha value is -1.45. The molecule has 1 saturated carbocycles. The van der Waals surface area contributed by atoms with Gasteiger partial charge in [0.2, 0.25) is 5.88 Å². The van der Waals surface area contributed by atoms with Crippen molar-refractivity contribution in [1.29, 1.82) is 0 Å². The molecule has 1 heterocycles. The first kappa shape index (κ1) is 14.0. The highest BCUT2D eigenvalue weighted by Crippen LogP contribution is 2.30. The molecule has 1 unspecified atom stereocenters. The molecule has 19 heavy (non-hydrogen) atoms. The van der Waals surface area contributed by atoms with Crippen LogP contribution in [0, 0.1) is 11.8 Å². The van der Waals surface area contributed by atoms with Crippen LogP contribution in [-0.2, 0) is 0 Å². The predicted octanol–water partition coefficient (Wildman–Crippen LogP) is 3.30. The number of rotatable bonds is 7. The Bertz CT molecular complexity index is 416. The standard InChI is InChI=1S/C15H25N3O/c1-10(2)8-11(3)17-14-7-6-13(16)15(18-14)19-9-12-4-5-12/h6-7,10-12H,4-5,8-9,16H2,1-3H3,(H,17,18). The molecule has 0 aliphatic heterocycles. The summed E-state index contributed by atoms with van der Waals surface area (Å²) < 4.78 is 5.69. The van der Waals surface area contributed by atoms with E-state index in [4.69, 9.17) is 10.5 Å². The topological polar surface area (TPSA) is 60.2 Å². The molecule has 0 amide bonds. The van der Waals surface area contributed by atoms with Crippen molar-refractivity contribution >= 4 is 11.5 Å². The second kappa shape index (κ2) is 6.13. The molecular weight excluding hydrogens is 238 g/mol. The number of hydrogen-bond acceptors (Lipinski definition) is 4. The van der Waals surface area contributed by atoms with E-state index < -0.39 is 0 Å². The molecule has 0 radical (unpaired) electrons. The molecule has 1 atom stereocenters. The highest BCUT2D eigenvalue weighted by atomic mass is 16.5. The molecule has 0 aromatic carbocycles. The summed E-state index contributed by atoms with van der Waals surface area (Å²) in [5.74, 6) is 2.78. The van der Waals surface area contributed by atoms with E-state index in [0.29, 0.717) is 29.4 Å². The summed E-state index contributed by atoms with van der Waals surface area (Å²) >= 11 is 0. The third kappa shape index (κ3) is 4.62. The van der Waals surface area contributed by atoms with E-state index in [2.05, 4.69) is 31.1 Å². The van der Waals surface area contributed by atoms with Crippen molar-refractivity contribution in [2.24, 2.45) is 11.8 Å². The number of nitrogens with zero attached hydrogens (tertiary/aromatic N) is 1. The van der Waals surface area contributed by atoms with Gasteiger partial charge in [-0.2, -0.15) is 4.98 Å². The summed E-state index contributed by atoms with van der Waals surface area (Å²) in [6.45, 7) is 7.35. The van der Waals surface area contributed by atoms with Crippen molar-refractivity contribution in [3.05, 3.63) is 12.1 Å². The smallest absolute Gasteiger partial charge is 0.239 e. The van der Waals surface area contributed by atoms with Gasteiger partial charge < -0.3 is 15.8 Å². The maximum atomic E-state index is 5.89. The van der Waals surface area contributed by atoms with Crippen LogP contribution in [0.3, 0.4) is 0 Å². The number of aromatic nitrogens is 1. The fourth-order valence-corrected chi connectivity index (χ4v) is 2.15. The van der Waals surface area contributed by atoms with Gasteiger partial charge in [0.1, 0.15) is 5.82 Å². The lowest BCUT2D eigenvalue weighted by Crippen LogP contribution is -2.18. The van der Waals surface area contributed by atoms with Gasteiger partial charge in [-0.15, -0.1) is 0 Å². The molecule has 4 heteroatoms. The summed E-state index contributed by atoms with van der Waals surface area (Å²) in [4.78, 5) is 4.46. The molecule has 3 N–H and O–H groups in total. The van der Waals surface area contributed by atoms with E-state index in [1.54, 1.807) is 0 Å². The zero-order valence-corrected chi connectivity index (χ0v) is 12.1. The lowest BCUT2D eigenvalue weighted by atomic mass is 10.1. The van der Waals surface area contributed by atoms with Crippen LogP contribution in [0.1, 0.15) is 40.0 Å². The van der Waals surface area contributed by atoms with Gasteiger partial charge in [-0.25, -0.2) is 0 Å². The fraction of sp³-hybridized carbons (Fsp3) is 0.667. The normalized spacial score (nSPS) is 16.4. The van der Waals surface area contributed by atoms with Gasteiger partial charge in [-0.3, -0.25) is 0 Å². The molecule has 0 saturated heterocycles. The summed E-state index contributed by atoms with van der Waals surface area (Å²) in [6.07, 6.45) is 3.65. The number of nitrogens with two attached hydrogens (primary N) is 1. The van der Waals surface area contributed by atoms with Crippen LogP contribution < -0.4 is 15.8 Å². The quantitative estimate of drug-likeness (QED) is 0.792. The number of anilines is 2. The minimum absolute atomic E-state index is 0.396. The van der Waals surface area contributed by atoms with Gasteiger partial charge >= 0.3 is 0 Å². The predicted molar refractivity (Wildman–Crippen MR) is 79.4 cm³/mol. The van der Waals surface area contributed by atoms with E-state index in [-0.39, 0.29) is 0 Å². The zero-order valence-electron chi connectivity index (χ0n) is 12.1. The van der Waals surface area contributed by atoms with E-state index in [0.717, 1.165) is 18.8 Å². The van der Waals surface area contributed by atoms with Crippen LogP contribution in [0.2, 0.25) is 0 Å². The van der Waals surface area contributed by atoms with Crippen molar-refractivity contribution < 1.29 is 4.74 Å². The third-order valence-corrected chi connectivity index (χ3v) is 3.26. The van der Waals surface area contributed by atoms with Crippen LogP contribution in [0.15, 0.2) is 12.1 Å². The number of ether oxygens (including phenoxy) is 1. The molecule has 106 valence electrons. The Labute approximate surface area is 115 Å². The van der Waals surface area contributed by atoms with Crippen molar-refractivity contribution in [1.82, 2.24) is 4.98 Å². The minimum atomic E-state index is 0.396. The lowest BCUT2D eigenvalue weighted by molar-refractivity contribution is 0.290. The first-order valence-corrected chi connectivity index (χ1v) is 7.20. The van der Waals surface area contributed by atoms with Crippen molar-refractivity contribution in [3.8, 4) is 5.88 Å². The van der Waals surface area contributed by atoms with Crippen molar-refractivity contribution in [2.45, 2.75) is 46.1 Å². The van der Waals surface area contributed by atoms with Crippen molar-refractivity contribution in [3.63, 3.8) is 0 Å². The van der Waals surface area contributed by atoms with Gasteiger partial charge in [0, 0.05) is 6.04 Å². The summed E-state index contributed by atoms with van der Waals surface area (Å²) in [7, 11) is 0. The Morgan fingerprint density at radius 1 is 1.37 bits per heavy atom. The summed E-state index contributed by atoms with van der Waals surface area (Å²) in [6, 6.07) is 4.17. The number of nitrogen functional groups attached to an aromatic ring is 1. The lowest BCUT2D eigenvalue weighted by Gasteiger charge is -2.17. The van der Waals surface area contributed by atoms with Crippen LogP contribution in [0.25, 0.3) is 0 Å². The minimum Gasteiger partial charge on any atom is -0.476 e. The van der Waals surface area contributed by atoms with Gasteiger partial charge in [-0.05, 0) is 50.2 Å². The highest BCUT2D eigenvalue weighted by Gasteiger charge is 2.22. The first-order chi connectivity index (χ1) is 9.04. The van der Waals surface area contributed by atoms with E-state index >= 15 is 0 Å². The molecule has 1 aromatic rings. The average molecular weight is 263 g/mol. The molecule has 0 spiro atoms. The molecule has 1 aromatic heterocycles. The Morgan fingerprint density at radius 3 is 2.74 bits per heavy atom. The molecule has 1 aliphatic carbocycles. The van der Waals surface area contributed by atoms with Gasteiger partial charge in [0.15, 0.2) is 0 Å². The van der Waals surface area contributed by atoms with E-state index in [1.807, 2.05) is 12.1 Å². The molecule has 1 aliphatic rings. The largest absolute Gasteiger partial charge is 0.476 e. The van der Waals surface area contributed by atoms with Crippen LogP contribution in [0.5, 0.6) is 5.88 Å². The van der Waals surface area contributed by atoms with Crippen LogP contribution in [0.4, 0.5) is 11.5 Å². The molecule has 2 rings (SSSR count). The average Bonchev–Trinajstić information content (AvgIpc) is 3.12. The summed E-state index contributed by atoms with van der Waals surface area (Å²) in [5.41, 5.74) is 6.51. The molecule has 1 fully saturated rings. The Morgan fingerprint density at radius 2 is 2.11 bits per heavy atom. The van der Waals surface area contributed by atoms with Crippen LogP contribution in [-0.4, -0.2) is 17.6 Å². The second-order valence-corrected chi connectivity index (χ2v) is 6.02. The number of hydrogen-bond donors (Lipinski definition) is 2. The monoisotopic (exact) mass is 263 g/mol. The number of pyridine rings is 1. The zero-order chi connectivity index (χ0) is 13.8. The fourth-order valence-electron chi connectivity index (χ4n) is 2.15. The van der Waals surface area contributed by atoms with Gasteiger partial charge in [0.25, 0.3) is 0 Å². The van der Waals surface area contributed by atoms with Gasteiger partial charge in [0.05, 0.1) is 12.3 Å². The van der Waals surface area contributed by atoms with E-state index in [1.165, 1.54) is 12.8 Å². The number of nitrogens with one attached hydrogen (secondary N) is 1. The maximum Gasteiger partial charge on any atom is 0.239 e. The second-order valence-electron chi connectivity index (χ2n) is 6.02. The maximum absolute atomic E-state index is 5.89. The summed E-state index contributed by atoms with van der Waals surface area (Å²) in [5, 5.41) is 3.40. The molecule has 0 bridgehead atoms. The molecule has 4 nitrogen and oxygen atoms in total. The third-order valence-electron chi connectivity index (χ3n) is 3.26. The Balaban J connectivity index is 1.94. The first-order valence-electron chi connectivity index (χ1n) is 7.20. The highest BCUT2D eigenvalue weighted by molar-refractivity contribution is 5.53. The molecular formula is C15H25N3O. The van der Waals surface area contributed by atoms with Crippen molar-refractivity contribution in [2.75, 3.05) is 17.7 Å². The SMILES string of the molecule is CC(C)CC(C)Nc1ccc(N)c(OCC2CC2)n1.